The fraction of sp³-hybridized carbons (Fsp3) is 0.471. The molecule has 0 N–H and O–H groups in total. The van der Waals surface area contributed by atoms with E-state index < -0.39 is 0 Å². The maximum absolute atomic E-state index is 4.56. The Morgan fingerprint density at radius 2 is 2.05 bits per heavy atom. The minimum Gasteiger partial charge on any atom is -0.256 e. The van der Waals surface area contributed by atoms with Crippen molar-refractivity contribution in [3.05, 3.63) is 47.9 Å². The van der Waals surface area contributed by atoms with E-state index in [-0.39, 0.29) is 13.1 Å². The van der Waals surface area contributed by atoms with E-state index in [2.05, 4.69) is 64.1 Å². The monoisotopic (exact) mass is 275 g/mol. The predicted octanol–water partition coefficient (Wildman–Crippen LogP) is 5.25. The molecule has 19 heavy (non-hydrogen) atoms. The summed E-state index contributed by atoms with van der Waals surface area (Å²) in [5, 5.41) is 0.235. The zero-order chi connectivity index (χ0) is 14.5. The molecule has 0 radical (unpaired) electrons. The van der Waals surface area contributed by atoms with E-state index in [0.717, 1.165) is 12.8 Å². The van der Waals surface area contributed by atoms with Gasteiger partial charge in [-0.15, -0.1) is 0 Å². The standard InChI is InChI=1S/C17H26NP/c1-7-14(2)12-15(3)13-19(17(4,5)6)16-10-8-9-11-18-16/h8-11,13H,2,7,12H2,1,3-6H3/b15-13-. The van der Waals surface area contributed by atoms with E-state index in [0.29, 0.717) is 0 Å². The molecule has 0 saturated carbocycles. The minimum absolute atomic E-state index is 0.235. The Labute approximate surface area is 119 Å². The number of pyridine rings is 1. The van der Waals surface area contributed by atoms with Gasteiger partial charge in [0.25, 0.3) is 0 Å². The van der Waals surface area contributed by atoms with Crippen molar-refractivity contribution >= 4 is 13.4 Å². The quantitative estimate of drug-likeness (QED) is 0.528. The lowest BCUT2D eigenvalue weighted by Crippen LogP contribution is -2.20. The molecule has 0 bridgehead atoms. The molecular formula is C17H26NP. The fourth-order valence-corrected chi connectivity index (χ4v) is 4.06. The van der Waals surface area contributed by atoms with Gasteiger partial charge in [0.2, 0.25) is 0 Å². The van der Waals surface area contributed by atoms with Crippen LogP contribution in [0.4, 0.5) is 0 Å². The number of nitrogens with zero attached hydrogens (tertiary/aromatic N) is 1. The van der Waals surface area contributed by atoms with E-state index in [1.54, 1.807) is 0 Å². The highest BCUT2D eigenvalue weighted by Gasteiger charge is 2.24. The summed E-state index contributed by atoms with van der Waals surface area (Å²) in [7, 11) is -0.386. The molecule has 0 aliphatic rings. The van der Waals surface area contributed by atoms with Gasteiger partial charge in [-0.3, -0.25) is 4.98 Å². The van der Waals surface area contributed by atoms with Crippen LogP contribution < -0.4 is 5.44 Å². The van der Waals surface area contributed by atoms with Gasteiger partial charge in [-0.1, -0.05) is 57.3 Å². The first kappa shape index (κ1) is 16.1. The second-order valence-electron chi connectivity index (χ2n) is 5.98. The zero-order valence-electron chi connectivity index (χ0n) is 12.9. The van der Waals surface area contributed by atoms with Crippen molar-refractivity contribution in [2.45, 2.75) is 52.6 Å². The van der Waals surface area contributed by atoms with Gasteiger partial charge in [0.1, 0.15) is 0 Å². The lowest BCUT2D eigenvalue weighted by Gasteiger charge is -2.29. The summed E-state index contributed by atoms with van der Waals surface area (Å²) in [5.74, 6) is 2.43. The van der Waals surface area contributed by atoms with Crippen molar-refractivity contribution in [1.82, 2.24) is 4.98 Å². The van der Waals surface area contributed by atoms with Crippen molar-refractivity contribution < 1.29 is 0 Å². The molecule has 0 aliphatic carbocycles. The molecule has 0 fully saturated rings. The number of rotatable bonds is 5. The lowest BCUT2D eigenvalue weighted by atomic mass is 10.1. The molecule has 104 valence electrons. The summed E-state index contributed by atoms with van der Waals surface area (Å²) in [5.41, 5.74) is 3.93. The maximum Gasteiger partial charge on any atom is 0.0675 e. The Kier molecular flexibility index (Phi) is 5.94. The van der Waals surface area contributed by atoms with Crippen LogP contribution in [0.5, 0.6) is 0 Å². The van der Waals surface area contributed by atoms with Crippen LogP contribution in [0.2, 0.25) is 0 Å². The first-order valence-corrected chi connectivity index (χ1v) is 8.30. The molecule has 1 aromatic rings. The largest absolute Gasteiger partial charge is 0.256 e. The molecule has 0 spiro atoms. The third-order valence-electron chi connectivity index (χ3n) is 3.00. The van der Waals surface area contributed by atoms with Crippen LogP contribution in [0, 0.1) is 0 Å². The van der Waals surface area contributed by atoms with E-state index in [1.165, 1.54) is 16.6 Å². The molecule has 2 heteroatoms. The summed E-state index contributed by atoms with van der Waals surface area (Å²) in [6.45, 7) is 15.4. The van der Waals surface area contributed by atoms with Crippen molar-refractivity contribution in [3.8, 4) is 0 Å². The molecule has 1 atom stereocenters. The zero-order valence-corrected chi connectivity index (χ0v) is 13.8. The van der Waals surface area contributed by atoms with Crippen molar-refractivity contribution in [2.24, 2.45) is 0 Å². The molecule has 1 heterocycles. The Morgan fingerprint density at radius 3 is 2.53 bits per heavy atom. The van der Waals surface area contributed by atoms with E-state index >= 15 is 0 Å². The molecule has 0 amide bonds. The second kappa shape index (κ2) is 7.01. The van der Waals surface area contributed by atoms with E-state index in [9.17, 15) is 0 Å². The van der Waals surface area contributed by atoms with Crippen LogP contribution in [-0.2, 0) is 0 Å². The van der Waals surface area contributed by atoms with Gasteiger partial charge in [-0.05, 0) is 45.0 Å². The van der Waals surface area contributed by atoms with Crippen molar-refractivity contribution in [3.63, 3.8) is 0 Å². The van der Waals surface area contributed by atoms with Crippen LogP contribution in [0.15, 0.2) is 47.9 Å². The maximum atomic E-state index is 4.56. The Balaban J connectivity index is 3.00. The number of allylic oxidation sites excluding steroid dienone is 2. The van der Waals surface area contributed by atoms with Crippen molar-refractivity contribution in [1.29, 1.82) is 0 Å². The summed E-state index contributed by atoms with van der Waals surface area (Å²) in [6, 6.07) is 6.21. The van der Waals surface area contributed by atoms with Gasteiger partial charge in [0.05, 0.1) is 5.44 Å². The molecule has 0 aliphatic heterocycles. The molecule has 1 rings (SSSR count). The van der Waals surface area contributed by atoms with Crippen LogP contribution >= 0.6 is 7.92 Å². The Morgan fingerprint density at radius 1 is 1.37 bits per heavy atom. The van der Waals surface area contributed by atoms with E-state index in [1.807, 2.05) is 12.3 Å². The van der Waals surface area contributed by atoms with Gasteiger partial charge < -0.3 is 0 Å². The molecule has 0 saturated heterocycles. The second-order valence-corrected chi connectivity index (χ2v) is 8.78. The van der Waals surface area contributed by atoms with Crippen LogP contribution in [0.1, 0.15) is 47.5 Å². The van der Waals surface area contributed by atoms with E-state index in [4.69, 9.17) is 0 Å². The topological polar surface area (TPSA) is 12.9 Å². The van der Waals surface area contributed by atoms with Gasteiger partial charge in [-0.2, -0.15) is 0 Å². The number of aromatic nitrogens is 1. The lowest BCUT2D eigenvalue weighted by molar-refractivity contribution is 0.791. The first-order chi connectivity index (χ1) is 8.84. The molecule has 1 unspecified atom stereocenters. The van der Waals surface area contributed by atoms with Gasteiger partial charge in [0, 0.05) is 6.20 Å². The number of hydrogen-bond acceptors (Lipinski definition) is 1. The molecular weight excluding hydrogens is 249 g/mol. The minimum atomic E-state index is -0.386. The SMILES string of the molecule is C=C(CC)C/C(C)=C\P(c1ccccn1)C(C)(C)C. The summed E-state index contributed by atoms with van der Waals surface area (Å²) in [4.78, 5) is 4.56. The summed E-state index contributed by atoms with van der Waals surface area (Å²) >= 11 is 0. The highest BCUT2D eigenvalue weighted by molar-refractivity contribution is 7.69. The predicted molar refractivity (Wildman–Crippen MR) is 88.3 cm³/mol. The fourth-order valence-electron chi connectivity index (χ4n) is 1.89. The first-order valence-electron chi connectivity index (χ1n) is 6.89. The summed E-state index contributed by atoms with van der Waals surface area (Å²) < 4.78 is 0. The van der Waals surface area contributed by atoms with Crippen LogP contribution in [0.3, 0.4) is 0 Å². The van der Waals surface area contributed by atoms with Gasteiger partial charge >= 0.3 is 0 Å². The summed E-state index contributed by atoms with van der Waals surface area (Å²) in [6.07, 6.45) is 3.96. The molecule has 1 nitrogen and oxygen atoms in total. The van der Waals surface area contributed by atoms with Gasteiger partial charge in [0.15, 0.2) is 0 Å². The molecule has 1 aromatic heterocycles. The Hall–Kier alpha value is -0.940. The average molecular weight is 275 g/mol. The highest BCUT2D eigenvalue weighted by atomic mass is 31.1. The number of hydrogen-bond donors (Lipinski definition) is 0. The third-order valence-corrected chi connectivity index (χ3v) is 5.90. The normalized spacial score (nSPS) is 14.3. The van der Waals surface area contributed by atoms with Crippen LogP contribution in [-0.4, -0.2) is 10.1 Å². The highest BCUT2D eigenvalue weighted by Crippen LogP contribution is 2.50. The molecule has 0 aromatic carbocycles. The van der Waals surface area contributed by atoms with Gasteiger partial charge in [-0.25, -0.2) is 0 Å². The van der Waals surface area contributed by atoms with Crippen LogP contribution in [0.25, 0.3) is 0 Å². The average Bonchev–Trinajstić information content (AvgIpc) is 2.35. The Bertz CT molecular complexity index is 440. The third kappa shape index (κ3) is 5.28. The van der Waals surface area contributed by atoms with Crippen molar-refractivity contribution in [2.75, 3.05) is 0 Å². The smallest absolute Gasteiger partial charge is 0.0675 e.